The summed E-state index contributed by atoms with van der Waals surface area (Å²) in [5, 5.41) is 7.82. The number of aromatic nitrogens is 2. The van der Waals surface area contributed by atoms with Crippen LogP contribution in [0.3, 0.4) is 0 Å². The molecule has 1 fully saturated rings. The van der Waals surface area contributed by atoms with Gasteiger partial charge in [-0.1, -0.05) is 30.3 Å². The molecule has 3 aromatic rings. The maximum absolute atomic E-state index is 12.2. The lowest BCUT2D eigenvalue weighted by Gasteiger charge is -2.15. The van der Waals surface area contributed by atoms with Gasteiger partial charge < -0.3 is 15.5 Å². The van der Waals surface area contributed by atoms with Crippen molar-refractivity contribution in [2.24, 2.45) is 0 Å². The number of hydrogen-bond acceptors (Lipinski definition) is 4. The van der Waals surface area contributed by atoms with Crippen molar-refractivity contribution in [3.8, 4) is 0 Å². The molecule has 2 amide bonds. The first kappa shape index (κ1) is 15.4. The summed E-state index contributed by atoms with van der Waals surface area (Å²) in [7, 11) is 0. The van der Waals surface area contributed by atoms with Gasteiger partial charge in [-0.3, -0.25) is 0 Å². The van der Waals surface area contributed by atoms with Gasteiger partial charge in [0, 0.05) is 18.8 Å². The molecule has 0 unspecified atom stereocenters. The molecule has 0 radical (unpaired) electrons. The highest BCUT2D eigenvalue weighted by Gasteiger charge is 2.14. The summed E-state index contributed by atoms with van der Waals surface area (Å²) < 4.78 is 0. The Balaban J connectivity index is 1.40. The van der Waals surface area contributed by atoms with Gasteiger partial charge in [0.05, 0.1) is 18.1 Å². The number of amides is 2. The van der Waals surface area contributed by atoms with Gasteiger partial charge in [-0.25, -0.2) is 14.8 Å². The van der Waals surface area contributed by atoms with E-state index >= 15 is 0 Å². The molecule has 2 N–H and O–H groups in total. The minimum absolute atomic E-state index is 0.312. The molecule has 6 heteroatoms. The summed E-state index contributed by atoms with van der Waals surface area (Å²) in [5.41, 5.74) is 1.31. The number of rotatable bonds is 3. The largest absolute Gasteiger partial charge is 0.341 e. The van der Waals surface area contributed by atoms with Crippen LogP contribution in [0.25, 0.3) is 10.8 Å². The number of hydrogen-bond donors (Lipinski definition) is 2. The van der Waals surface area contributed by atoms with Crippen LogP contribution in [0.1, 0.15) is 12.8 Å². The number of nitrogens with one attached hydrogen (secondary N) is 2. The average molecular weight is 333 g/mol. The number of fused-ring (bicyclic) bond motifs is 1. The molecule has 1 aliphatic rings. The molecule has 1 aromatic heterocycles. The summed E-state index contributed by atoms with van der Waals surface area (Å²) in [5.74, 6) is 0.720. The molecule has 0 bridgehead atoms. The van der Waals surface area contributed by atoms with Gasteiger partial charge in [-0.15, -0.1) is 0 Å². The SMILES string of the molecule is O=C(Nc1cnc(N2CCCC2)nc1)Nc1ccc2ccccc2c1. The van der Waals surface area contributed by atoms with Crippen molar-refractivity contribution < 1.29 is 4.79 Å². The molecule has 0 saturated carbocycles. The van der Waals surface area contributed by atoms with Gasteiger partial charge in [-0.05, 0) is 35.7 Å². The fourth-order valence-corrected chi connectivity index (χ4v) is 3.03. The minimum Gasteiger partial charge on any atom is -0.341 e. The lowest BCUT2D eigenvalue weighted by atomic mass is 10.1. The molecule has 2 heterocycles. The predicted molar refractivity (Wildman–Crippen MR) is 100 cm³/mol. The Kier molecular flexibility index (Phi) is 4.16. The van der Waals surface area contributed by atoms with Gasteiger partial charge >= 0.3 is 6.03 Å². The highest BCUT2D eigenvalue weighted by molar-refractivity contribution is 6.01. The van der Waals surface area contributed by atoms with E-state index in [1.807, 2.05) is 42.5 Å². The molecule has 0 aliphatic carbocycles. The Morgan fingerprint density at radius 1 is 0.880 bits per heavy atom. The maximum Gasteiger partial charge on any atom is 0.323 e. The number of carbonyl (C=O) groups is 1. The number of anilines is 3. The van der Waals surface area contributed by atoms with Crippen LogP contribution in [0, 0.1) is 0 Å². The normalized spacial score (nSPS) is 13.8. The van der Waals surface area contributed by atoms with Gasteiger partial charge in [-0.2, -0.15) is 0 Å². The molecule has 126 valence electrons. The molecule has 6 nitrogen and oxygen atoms in total. The molecule has 0 atom stereocenters. The van der Waals surface area contributed by atoms with Crippen molar-refractivity contribution in [1.29, 1.82) is 0 Å². The first-order chi connectivity index (χ1) is 12.3. The molecular weight excluding hydrogens is 314 g/mol. The van der Waals surface area contributed by atoms with Gasteiger partial charge in [0.1, 0.15) is 0 Å². The van der Waals surface area contributed by atoms with Crippen molar-refractivity contribution in [3.05, 3.63) is 54.9 Å². The Labute approximate surface area is 145 Å². The highest BCUT2D eigenvalue weighted by atomic mass is 16.2. The minimum atomic E-state index is -0.312. The van der Waals surface area contributed by atoms with Gasteiger partial charge in [0.2, 0.25) is 5.95 Å². The standard InChI is InChI=1S/C19H19N5O/c25-19(22-16-8-7-14-5-1-2-6-15(14)11-16)23-17-12-20-18(21-13-17)24-9-3-4-10-24/h1-2,5-8,11-13H,3-4,9-10H2,(H2,22,23,25). The van der Waals surface area contributed by atoms with E-state index in [2.05, 4.69) is 25.5 Å². The zero-order chi connectivity index (χ0) is 17.1. The van der Waals surface area contributed by atoms with Crippen LogP contribution >= 0.6 is 0 Å². The van der Waals surface area contributed by atoms with Gasteiger partial charge in [0.25, 0.3) is 0 Å². The topological polar surface area (TPSA) is 70.2 Å². The van der Waals surface area contributed by atoms with Crippen molar-refractivity contribution in [2.45, 2.75) is 12.8 Å². The lowest BCUT2D eigenvalue weighted by Crippen LogP contribution is -2.22. The van der Waals surface area contributed by atoms with E-state index < -0.39 is 0 Å². The molecule has 1 saturated heterocycles. The highest BCUT2D eigenvalue weighted by Crippen LogP contribution is 2.19. The summed E-state index contributed by atoms with van der Waals surface area (Å²) in [4.78, 5) is 23.0. The molecule has 0 spiro atoms. The maximum atomic E-state index is 12.2. The van der Waals surface area contributed by atoms with E-state index in [0.29, 0.717) is 5.69 Å². The third kappa shape index (κ3) is 3.52. The Bertz CT molecular complexity index is 888. The van der Waals surface area contributed by atoms with Crippen LogP contribution in [-0.2, 0) is 0 Å². The number of benzene rings is 2. The van der Waals surface area contributed by atoms with Crippen molar-refractivity contribution in [3.63, 3.8) is 0 Å². The van der Waals surface area contributed by atoms with Crippen molar-refractivity contribution in [2.75, 3.05) is 28.6 Å². The summed E-state index contributed by atoms with van der Waals surface area (Å²) in [6, 6.07) is 13.5. The second-order valence-corrected chi connectivity index (χ2v) is 6.11. The molecular formula is C19H19N5O. The van der Waals surface area contributed by atoms with E-state index in [-0.39, 0.29) is 6.03 Å². The monoisotopic (exact) mass is 333 g/mol. The number of nitrogens with zero attached hydrogens (tertiary/aromatic N) is 3. The zero-order valence-electron chi connectivity index (χ0n) is 13.8. The quantitative estimate of drug-likeness (QED) is 0.763. The predicted octanol–water partition coefficient (Wildman–Crippen LogP) is 3.87. The fraction of sp³-hybridized carbons (Fsp3) is 0.211. The molecule has 2 aromatic carbocycles. The van der Waals surface area contributed by atoms with E-state index in [9.17, 15) is 4.79 Å². The van der Waals surface area contributed by atoms with E-state index in [1.54, 1.807) is 12.4 Å². The molecule has 4 rings (SSSR count). The lowest BCUT2D eigenvalue weighted by molar-refractivity contribution is 0.262. The Hall–Kier alpha value is -3.15. The third-order valence-corrected chi connectivity index (χ3v) is 4.29. The van der Waals surface area contributed by atoms with Crippen LogP contribution in [-0.4, -0.2) is 29.1 Å². The zero-order valence-corrected chi connectivity index (χ0v) is 13.8. The first-order valence-electron chi connectivity index (χ1n) is 8.42. The van der Waals surface area contributed by atoms with Crippen LogP contribution in [0.5, 0.6) is 0 Å². The Morgan fingerprint density at radius 2 is 1.56 bits per heavy atom. The second-order valence-electron chi connectivity index (χ2n) is 6.11. The first-order valence-corrected chi connectivity index (χ1v) is 8.42. The average Bonchev–Trinajstić information content (AvgIpc) is 3.17. The summed E-state index contributed by atoms with van der Waals surface area (Å²) >= 11 is 0. The second kappa shape index (κ2) is 6.76. The third-order valence-electron chi connectivity index (χ3n) is 4.29. The summed E-state index contributed by atoms with van der Waals surface area (Å²) in [6.45, 7) is 1.99. The fourth-order valence-electron chi connectivity index (χ4n) is 3.03. The molecule has 25 heavy (non-hydrogen) atoms. The smallest absolute Gasteiger partial charge is 0.323 e. The van der Waals surface area contributed by atoms with Crippen LogP contribution in [0.2, 0.25) is 0 Å². The van der Waals surface area contributed by atoms with Gasteiger partial charge in [0.15, 0.2) is 0 Å². The van der Waals surface area contributed by atoms with Crippen LogP contribution in [0.15, 0.2) is 54.9 Å². The van der Waals surface area contributed by atoms with Crippen molar-refractivity contribution >= 4 is 34.1 Å². The van der Waals surface area contributed by atoms with E-state index in [0.717, 1.165) is 35.5 Å². The van der Waals surface area contributed by atoms with Crippen LogP contribution in [0.4, 0.5) is 22.1 Å². The number of carbonyl (C=O) groups excluding carboxylic acids is 1. The Morgan fingerprint density at radius 3 is 2.32 bits per heavy atom. The molecule has 1 aliphatic heterocycles. The summed E-state index contributed by atoms with van der Waals surface area (Å²) in [6.07, 6.45) is 5.64. The van der Waals surface area contributed by atoms with Crippen LogP contribution < -0.4 is 15.5 Å². The van der Waals surface area contributed by atoms with Crippen molar-refractivity contribution in [1.82, 2.24) is 9.97 Å². The number of urea groups is 1. The van der Waals surface area contributed by atoms with E-state index in [1.165, 1.54) is 12.8 Å². The van der Waals surface area contributed by atoms with E-state index in [4.69, 9.17) is 0 Å².